The van der Waals surface area contributed by atoms with Crippen LogP contribution in [0.1, 0.15) is 78.1 Å². The number of anilines is 3. The van der Waals surface area contributed by atoms with Gasteiger partial charge in [-0.1, -0.05) is 18.5 Å². The minimum atomic E-state index is -0.978. The van der Waals surface area contributed by atoms with Crippen LogP contribution in [0.25, 0.3) is 0 Å². The van der Waals surface area contributed by atoms with Crippen molar-refractivity contribution in [2.24, 2.45) is 11.3 Å². The van der Waals surface area contributed by atoms with Gasteiger partial charge in [0.05, 0.1) is 33.2 Å². The highest BCUT2D eigenvalue weighted by Crippen LogP contribution is 2.41. The van der Waals surface area contributed by atoms with Crippen molar-refractivity contribution in [3.63, 3.8) is 0 Å². The lowest BCUT2D eigenvalue weighted by molar-refractivity contribution is -0.136. The van der Waals surface area contributed by atoms with Crippen LogP contribution < -0.4 is 25.2 Å². The van der Waals surface area contributed by atoms with Crippen molar-refractivity contribution < 1.29 is 28.7 Å². The Hall–Kier alpha value is -5.59. The average molecular weight is 794 g/mol. The molecule has 8 rings (SSSR count). The molecule has 5 amide bonds. The van der Waals surface area contributed by atoms with Crippen molar-refractivity contribution in [2.45, 2.75) is 64.0 Å². The number of halogens is 1. The van der Waals surface area contributed by atoms with Gasteiger partial charge < -0.3 is 19.9 Å². The number of benzene rings is 2. The molecule has 1 saturated carbocycles. The lowest BCUT2D eigenvalue weighted by Crippen LogP contribution is -2.54. The fraction of sp³-hybridized carbons (Fsp3) is 0.463. The maximum atomic E-state index is 13.3. The number of piperidine rings is 2. The lowest BCUT2D eigenvalue weighted by atomic mass is 9.87. The second-order valence-electron chi connectivity index (χ2n) is 15.9. The van der Waals surface area contributed by atoms with Crippen LogP contribution in [0.5, 0.6) is 5.75 Å². The van der Waals surface area contributed by atoms with Crippen molar-refractivity contribution in [2.75, 3.05) is 60.9 Å². The minimum Gasteiger partial charge on any atom is -0.490 e. The van der Waals surface area contributed by atoms with Gasteiger partial charge in [-0.15, -0.1) is 10.2 Å². The number of rotatable bonds is 9. The fourth-order valence-electron chi connectivity index (χ4n) is 8.73. The molecule has 2 aromatic carbocycles. The summed E-state index contributed by atoms with van der Waals surface area (Å²) in [6.07, 6.45) is 4.06. The highest BCUT2D eigenvalue weighted by molar-refractivity contribution is 6.31. The molecule has 1 aliphatic carbocycles. The first kappa shape index (κ1) is 38.3. The highest BCUT2D eigenvalue weighted by Gasteiger charge is 2.45. The monoisotopic (exact) mass is 793 g/mol. The van der Waals surface area contributed by atoms with Crippen molar-refractivity contribution in [3.05, 3.63) is 70.2 Å². The van der Waals surface area contributed by atoms with E-state index in [9.17, 15) is 24.0 Å². The number of ether oxygens (including phenoxy) is 1. The Bertz CT molecular complexity index is 2140. The molecule has 4 aliphatic heterocycles. The van der Waals surface area contributed by atoms with Gasteiger partial charge in [-0.3, -0.25) is 39.1 Å². The van der Waals surface area contributed by atoms with Gasteiger partial charge in [0.25, 0.3) is 11.8 Å². The maximum absolute atomic E-state index is 13.3. The highest BCUT2D eigenvalue weighted by atomic mass is 35.5. The van der Waals surface area contributed by atoms with Gasteiger partial charge in [-0.2, -0.15) is 5.26 Å². The predicted molar refractivity (Wildman–Crippen MR) is 210 cm³/mol. The lowest BCUT2D eigenvalue weighted by Gasteiger charge is -2.39. The second kappa shape index (κ2) is 15.7. The van der Waals surface area contributed by atoms with E-state index in [1.165, 1.54) is 0 Å². The molecule has 2 N–H and O–H groups in total. The molecular weight excluding hydrogens is 750 g/mol. The number of fused-ring (bicyclic) bond motifs is 1. The van der Waals surface area contributed by atoms with Crippen LogP contribution in [-0.2, 0) is 14.4 Å². The third kappa shape index (κ3) is 7.88. The molecule has 3 atom stereocenters. The number of amides is 5. The van der Waals surface area contributed by atoms with Gasteiger partial charge in [0.2, 0.25) is 17.7 Å². The Morgan fingerprint density at radius 2 is 1.70 bits per heavy atom. The molecule has 0 spiro atoms. The summed E-state index contributed by atoms with van der Waals surface area (Å²) in [6.45, 7) is 8.01. The molecule has 16 heteroatoms. The number of carbonyl (C=O) groups is 5. The SMILES string of the molecule is C[C@]1(C(=O)Nc2ccc(N3CCC(CN4CCN(c5ccc6c(c5)C(=O)N(C5CCC(=O)NC5=O)C6=O)CC4)CC3)nn2)CC[C@H](Oc2ccc(C#N)c(Cl)c2)C1. The Balaban J connectivity index is 0.772. The van der Waals surface area contributed by atoms with Crippen LogP contribution in [0, 0.1) is 22.7 Å². The zero-order valence-electron chi connectivity index (χ0n) is 31.7. The van der Waals surface area contributed by atoms with E-state index in [2.05, 4.69) is 35.5 Å². The predicted octanol–water partition coefficient (Wildman–Crippen LogP) is 4.02. The molecule has 1 aromatic heterocycles. The first-order valence-corrected chi connectivity index (χ1v) is 20.0. The number of imide groups is 2. The van der Waals surface area contributed by atoms with E-state index >= 15 is 0 Å². The first-order chi connectivity index (χ1) is 27.5. The van der Waals surface area contributed by atoms with Crippen molar-refractivity contribution >= 4 is 58.5 Å². The summed E-state index contributed by atoms with van der Waals surface area (Å²) in [4.78, 5) is 71.7. The van der Waals surface area contributed by atoms with E-state index in [1.54, 1.807) is 36.4 Å². The smallest absolute Gasteiger partial charge is 0.262 e. The van der Waals surface area contributed by atoms with Crippen LogP contribution in [0.15, 0.2) is 48.5 Å². The molecule has 57 heavy (non-hydrogen) atoms. The molecule has 5 aliphatic rings. The van der Waals surface area contributed by atoms with Gasteiger partial charge in [0.1, 0.15) is 17.9 Å². The summed E-state index contributed by atoms with van der Waals surface area (Å²) in [5.74, 6) is 0.216. The largest absolute Gasteiger partial charge is 0.490 e. The van der Waals surface area contributed by atoms with Crippen LogP contribution in [0.3, 0.4) is 0 Å². The number of nitrogens with zero attached hydrogens (tertiary/aromatic N) is 7. The van der Waals surface area contributed by atoms with Crippen LogP contribution >= 0.6 is 11.6 Å². The van der Waals surface area contributed by atoms with E-state index in [1.807, 2.05) is 25.1 Å². The number of hydrogen-bond acceptors (Lipinski definition) is 12. The topological polar surface area (TPSA) is 181 Å². The molecule has 4 fully saturated rings. The average Bonchev–Trinajstić information content (AvgIpc) is 3.71. The van der Waals surface area contributed by atoms with Gasteiger partial charge >= 0.3 is 0 Å². The number of nitriles is 1. The first-order valence-electron chi connectivity index (χ1n) is 19.6. The third-order valence-corrected chi connectivity index (χ3v) is 12.4. The second-order valence-corrected chi connectivity index (χ2v) is 16.3. The Morgan fingerprint density at radius 1 is 0.930 bits per heavy atom. The third-order valence-electron chi connectivity index (χ3n) is 12.1. The van der Waals surface area contributed by atoms with Gasteiger partial charge in [0, 0.05) is 64.0 Å². The standard InChI is InChI=1S/C41H44ClN9O6/c1-41(13-10-29(22-41)57-28-4-2-26(23-43)32(42)21-28)40(56)44-34-7-8-35(47-46-34)50-14-11-25(12-15-50)24-48-16-18-49(19-17-48)27-3-5-30-31(20-27)39(55)51(38(30)54)33-6-9-36(52)45-37(33)53/h2-5,7-8,20-21,25,29,33H,6,9-19,22,24H2,1H3,(H,44,46,56)(H,45,52,53)/t29-,33?,41-/m0/s1. The van der Waals surface area contributed by atoms with Gasteiger partial charge in [-0.05, 0) is 86.9 Å². The maximum Gasteiger partial charge on any atom is 0.262 e. The fourth-order valence-corrected chi connectivity index (χ4v) is 8.94. The van der Waals surface area contributed by atoms with E-state index in [4.69, 9.17) is 21.6 Å². The van der Waals surface area contributed by atoms with Gasteiger partial charge in [-0.25, -0.2) is 0 Å². The van der Waals surface area contributed by atoms with E-state index in [0.717, 1.165) is 81.5 Å². The minimum absolute atomic E-state index is 0.0871. The molecule has 296 valence electrons. The Morgan fingerprint density at radius 3 is 2.40 bits per heavy atom. The molecule has 1 unspecified atom stereocenters. The number of aromatic nitrogens is 2. The number of piperazine rings is 1. The van der Waals surface area contributed by atoms with Gasteiger partial charge in [0.15, 0.2) is 11.6 Å². The summed E-state index contributed by atoms with van der Waals surface area (Å²) in [6, 6.07) is 15.1. The van der Waals surface area contributed by atoms with E-state index < -0.39 is 35.1 Å². The normalized spacial score (nSPS) is 24.3. The summed E-state index contributed by atoms with van der Waals surface area (Å²) in [7, 11) is 0. The Labute approximate surface area is 335 Å². The summed E-state index contributed by atoms with van der Waals surface area (Å²) >= 11 is 6.16. The van der Waals surface area contributed by atoms with Crippen LogP contribution in [0.4, 0.5) is 17.3 Å². The van der Waals surface area contributed by atoms with Crippen LogP contribution in [0.2, 0.25) is 5.02 Å². The van der Waals surface area contributed by atoms with E-state index in [0.29, 0.717) is 46.5 Å². The summed E-state index contributed by atoms with van der Waals surface area (Å²) in [5.41, 5.74) is 1.23. The molecule has 0 radical (unpaired) electrons. The van der Waals surface area contributed by atoms with Crippen molar-refractivity contribution in [3.8, 4) is 11.8 Å². The number of nitrogens with one attached hydrogen (secondary N) is 2. The molecule has 3 aromatic rings. The molecule has 15 nitrogen and oxygen atoms in total. The quantitative estimate of drug-likeness (QED) is 0.298. The van der Waals surface area contributed by atoms with Crippen LogP contribution in [-0.4, -0.2) is 107 Å². The zero-order chi connectivity index (χ0) is 39.8. The van der Waals surface area contributed by atoms with Crippen molar-refractivity contribution in [1.82, 2.24) is 25.3 Å². The molecule has 3 saturated heterocycles. The summed E-state index contributed by atoms with van der Waals surface area (Å²) < 4.78 is 6.10. The number of hydrogen-bond donors (Lipinski definition) is 2. The van der Waals surface area contributed by atoms with Crippen molar-refractivity contribution in [1.29, 1.82) is 5.26 Å². The summed E-state index contributed by atoms with van der Waals surface area (Å²) in [5, 5.41) is 23.4. The Kier molecular flexibility index (Phi) is 10.6. The zero-order valence-corrected chi connectivity index (χ0v) is 32.5. The molecule has 0 bridgehead atoms. The molecular formula is C41H44ClN9O6. The molecule has 5 heterocycles. The number of carbonyl (C=O) groups excluding carboxylic acids is 5. The van der Waals surface area contributed by atoms with E-state index in [-0.39, 0.29) is 30.4 Å².